The van der Waals surface area contributed by atoms with Crippen LogP contribution in [0.1, 0.15) is 25.5 Å². The maximum absolute atomic E-state index is 11.4. The molecular formula is C12H13Cl2NO3. The number of carbonyl (C=O) groups excluding carboxylic acids is 2. The van der Waals surface area contributed by atoms with Gasteiger partial charge in [0.25, 0.3) is 0 Å². The number of halogens is 2. The van der Waals surface area contributed by atoms with E-state index in [9.17, 15) is 9.59 Å². The van der Waals surface area contributed by atoms with E-state index in [0.717, 1.165) is 0 Å². The third-order valence-corrected chi connectivity index (χ3v) is 2.80. The van der Waals surface area contributed by atoms with E-state index >= 15 is 0 Å². The summed E-state index contributed by atoms with van der Waals surface area (Å²) in [5.41, 5.74) is 0.679. The van der Waals surface area contributed by atoms with Gasteiger partial charge in [0.05, 0.1) is 12.6 Å². The molecule has 1 aromatic carbocycles. The van der Waals surface area contributed by atoms with Crippen LogP contribution in [0, 0.1) is 0 Å². The van der Waals surface area contributed by atoms with Crippen LogP contribution in [0.4, 0.5) is 0 Å². The van der Waals surface area contributed by atoms with Crippen LogP contribution < -0.4 is 5.32 Å². The van der Waals surface area contributed by atoms with Gasteiger partial charge < -0.3 is 10.1 Å². The van der Waals surface area contributed by atoms with E-state index in [1.165, 1.54) is 0 Å². The van der Waals surface area contributed by atoms with Crippen molar-refractivity contribution in [3.8, 4) is 0 Å². The first-order valence-electron chi connectivity index (χ1n) is 5.38. The Morgan fingerprint density at radius 3 is 2.61 bits per heavy atom. The van der Waals surface area contributed by atoms with E-state index in [-0.39, 0.29) is 6.61 Å². The van der Waals surface area contributed by atoms with E-state index in [2.05, 4.69) is 10.1 Å². The van der Waals surface area contributed by atoms with Gasteiger partial charge in [-0.05, 0) is 31.5 Å². The number of rotatable bonds is 3. The van der Waals surface area contributed by atoms with E-state index in [1.54, 1.807) is 32.0 Å². The minimum absolute atomic E-state index is 0.155. The molecule has 0 heterocycles. The van der Waals surface area contributed by atoms with Gasteiger partial charge >= 0.3 is 11.9 Å². The predicted octanol–water partition coefficient (Wildman–Crippen LogP) is 2.73. The number of benzene rings is 1. The fourth-order valence-corrected chi connectivity index (χ4v) is 1.95. The zero-order valence-corrected chi connectivity index (χ0v) is 11.5. The molecule has 1 aromatic rings. The van der Waals surface area contributed by atoms with Crippen LogP contribution in [0.3, 0.4) is 0 Å². The van der Waals surface area contributed by atoms with Gasteiger partial charge in [-0.15, -0.1) is 0 Å². The second kappa shape index (κ2) is 6.61. The lowest BCUT2D eigenvalue weighted by Crippen LogP contribution is -2.34. The standard InChI is InChI=1S/C12H13Cl2NO3/c1-3-18-12(17)11(16)15-7(2)9-5-4-8(13)6-10(9)14/h4-7H,3H2,1-2H3,(H,15,16). The number of ether oxygens (including phenoxy) is 1. The monoisotopic (exact) mass is 289 g/mol. The molecule has 0 saturated carbocycles. The van der Waals surface area contributed by atoms with Crippen LogP contribution >= 0.6 is 23.2 Å². The molecule has 1 amide bonds. The Morgan fingerprint density at radius 2 is 2.06 bits per heavy atom. The molecular weight excluding hydrogens is 277 g/mol. The first-order chi connectivity index (χ1) is 8.45. The average Bonchev–Trinajstić information content (AvgIpc) is 2.28. The third-order valence-electron chi connectivity index (χ3n) is 2.24. The van der Waals surface area contributed by atoms with Crippen molar-refractivity contribution < 1.29 is 14.3 Å². The molecule has 0 spiro atoms. The fourth-order valence-electron chi connectivity index (χ4n) is 1.38. The molecule has 1 atom stereocenters. The summed E-state index contributed by atoms with van der Waals surface area (Å²) in [6.07, 6.45) is 0. The normalized spacial score (nSPS) is 11.8. The number of hydrogen-bond acceptors (Lipinski definition) is 3. The summed E-state index contributed by atoms with van der Waals surface area (Å²) < 4.78 is 4.58. The summed E-state index contributed by atoms with van der Waals surface area (Å²) in [4.78, 5) is 22.6. The molecule has 0 bridgehead atoms. The average molecular weight is 290 g/mol. The van der Waals surface area contributed by atoms with Crippen molar-refractivity contribution in [1.29, 1.82) is 0 Å². The Hall–Kier alpha value is -1.26. The molecule has 0 aliphatic heterocycles. The number of carbonyl (C=O) groups is 2. The van der Waals surface area contributed by atoms with E-state index < -0.39 is 17.9 Å². The molecule has 0 aliphatic rings. The van der Waals surface area contributed by atoms with E-state index in [0.29, 0.717) is 15.6 Å². The smallest absolute Gasteiger partial charge is 0.396 e. The zero-order chi connectivity index (χ0) is 13.7. The summed E-state index contributed by atoms with van der Waals surface area (Å²) in [6.45, 7) is 3.50. The number of amides is 1. The van der Waals surface area contributed by atoms with Crippen LogP contribution in [0.15, 0.2) is 18.2 Å². The van der Waals surface area contributed by atoms with Crippen molar-refractivity contribution in [2.24, 2.45) is 0 Å². The quantitative estimate of drug-likeness (QED) is 0.688. The fraction of sp³-hybridized carbons (Fsp3) is 0.333. The molecule has 0 fully saturated rings. The lowest BCUT2D eigenvalue weighted by molar-refractivity contribution is -0.154. The van der Waals surface area contributed by atoms with Crippen LogP contribution in [0.25, 0.3) is 0 Å². The van der Waals surface area contributed by atoms with Crippen molar-refractivity contribution in [3.63, 3.8) is 0 Å². The molecule has 4 nitrogen and oxygen atoms in total. The predicted molar refractivity (Wildman–Crippen MR) is 69.7 cm³/mol. The van der Waals surface area contributed by atoms with E-state index in [4.69, 9.17) is 23.2 Å². The second-order valence-corrected chi connectivity index (χ2v) is 4.43. The topological polar surface area (TPSA) is 55.4 Å². The zero-order valence-electron chi connectivity index (χ0n) is 10.00. The lowest BCUT2D eigenvalue weighted by Gasteiger charge is -2.15. The summed E-state index contributed by atoms with van der Waals surface area (Å²) >= 11 is 11.8. The van der Waals surface area contributed by atoms with Crippen LogP contribution in [-0.2, 0) is 14.3 Å². The largest absolute Gasteiger partial charge is 0.459 e. The second-order valence-electron chi connectivity index (χ2n) is 3.58. The maximum atomic E-state index is 11.4. The highest BCUT2D eigenvalue weighted by Gasteiger charge is 2.19. The molecule has 0 aromatic heterocycles. The van der Waals surface area contributed by atoms with Crippen molar-refractivity contribution >= 4 is 35.1 Å². The molecule has 1 rings (SSSR count). The van der Waals surface area contributed by atoms with Gasteiger partial charge in [0.2, 0.25) is 0 Å². The number of nitrogens with one attached hydrogen (secondary N) is 1. The highest BCUT2D eigenvalue weighted by Crippen LogP contribution is 2.25. The molecule has 0 aliphatic carbocycles. The van der Waals surface area contributed by atoms with Crippen molar-refractivity contribution in [3.05, 3.63) is 33.8 Å². The first-order valence-corrected chi connectivity index (χ1v) is 6.13. The number of hydrogen-bond donors (Lipinski definition) is 1. The Labute approximate surface area is 115 Å². The van der Waals surface area contributed by atoms with Crippen molar-refractivity contribution in [1.82, 2.24) is 5.32 Å². The Balaban J connectivity index is 2.73. The van der Waals surface area contributed by atoms with Gasteiger partial charge in [-0.3, -0.25) is 4.79 Å². The van der Waals surface area contributed by atoms with E-state index in [1.807, 2.05) is 0 Å². The van der Waals surface area contributed by atoms with Gasteiger partial charge in [0, 0.05) is 10.0 Å². The summed E-state index contributed by atoms with van der Waals surface area (Å²) in [5, 5.41) is 3.44. The third kappa shape index (κ3) is 3.89. The molecule has 18 heavy (non-hydrogen) atoms. The SMILES string of the molecule is CCOC(=O)C(=O)NC(C)c1ccc(Cl)cc1Cl. The molecule has 0 saturated heterocycles. The molecule has 98 valence electrons. The maximum Gasteiger partial charge on any atom is 0.396 e. The summed E-state index contributed by atoms with van der Waals surface area (Å²) in [5.74, 6) is -1.70. The van der Waals surface area contributed by atoms with Crippen molar-refractivity contribution in [2.45, 2.75) is 19.9 Å². The Kier molecular flexibility index (Phi) is 5.44. The van der Waals surface area contributed by atoms with Crippen LogP contribution in [-0.4, -0.2) is 18.5 Å². The molecule has 6 heteroatoms. The van der Waals surface area contributed by atoms with Gasteiger partial charge in [-0.25, -0.2) is 4.79 Å². The van der Waals surface area contributed by atoms with Gasteiger partial charge in [-0.2, -0.15) is 0 Å². The highest BCUT2D eigenvalue weighted by molar-refractivity contribution is 6.35. The lowest BCUT2D eigenvalue weighted by atomic mass is 10.1. The number of esters is 1. The Bertz CT molecular complexity index is 463. The summed E-state index contributed by atoms with van der Waals surface area (Å²) in [7, 11) is 0. The highest BCUT2D eigenvalue weighted by atomic mass is 35.5. The summed E-state index contributed by atoms with van der Waals surface area (Å²) in [6, 6.07) is 4.52. The molecule has 1 unspecified atom stereocenters. The van der Waals surface area contributed by atoms with Crippen LogP contribution in [0.5, 0.6) is 0 Å². The first kappa shape index (κ1) is 14.8. The van der Waals surface area contributed by atoms with Crippen LogP contribution in [0.2, 0.25) is 10.0 Å². The minimum atomic E-state index is -0.908. The van der Waals surface area contributed by atoms with Gasteiger partial charge in [0.1, 0.15) is 0 Å². The van der Waals surface area contributed by atoms with Gasteiger partial charge in [-0.1, -0.05) is 29.3 Å². The van der Waals surface area contributed by atoms with Gasteiger partial charge in [0.15, 0.2) is 0 Å². The minimum Gasteiger partial charge on any atom is -0.459 e. The Morgan fingerprint density at radius 1 is 1.39 bits per heavy atom. The van der Waals surface area contributed by atoms with Crippen molar-refractivity contribution in [2.75, 3.05) is 6.61 Å². The molecule has 1 N–H and O–H groups in total. The molecule has 0 radical (unpaired) electrons.